The normalized spacial score (nSPS) is 13.1. The summed E-state index contributed by atoms with van der Waals surface area (Å²) in [6, 6.07) is 12.1. The molecule has 1 aliphatic heterocycles. The van der Waals surface area contributed by atoms with Crippen LogP contribution in [0.2, 0.25) is 0 Å². The molecule has 0 saturated heterocycles. The highest BCUT2D eigenvalue weighted by Crippen LogP contribution is 2.31. The van der Waals surface area contributed by atoms with Gasteiger partial charge in [-0.15, -0.1) is 0 Å². The third-order valence-electron chi connectivity index (χ3n) is 4.19. The van der Waals surface area contributed by atoms with Crippen molar-refractivity contribution >= 4 is 11.6 Å². The van der Waals surface area contributed by atoms with Gasteiger partial charge in [0, 0.05) is 19.2 Å². The largest absolute Gasteiger partial charge is 0.493 e. The molecular formula is C18H18N2O5. The Balaban J connectivity index is 1.67. The summed E-state index contributed by atoms with van der Waals surface area (Å²) in [7, 11) is 1.44. The molecule has 0 atom stereocenters. The summed E-state index contributed by atoms with van der Waals surface area (Å²) in [5.74, 6) is 0.368. The van der Waals surface area contributed by atoms with Crippen LogP contribution < -0.4 is 9.47 Å². The highest BCUT2D eigenvalue weighted by atomic mass is 16.6. The zero-order valence-corrected chi connectivity index (χ0v) is 13.8. The van der Waals surface area contributed by atoms with Crippen LogP contribution in [-0.4, -0.2) is 36.0 Å². The lowest BCUT2D eigenvalue weighted by molar-refractivity contribution is -0.385. The van der Waals surface area contributed by atoms with E-state index in [-0.39, 0.29) is 24.0 Å². The minimum Gasteiger partial charge on any atom is -0.493 e. The minimum atomic E-state index is -0.518. The van der Waals surface area contributed by atoms with Gasteiger partial charge in [-0.3, -0.25) is 14.9 Å². The minimum absolute atomic E-state index is 0.116. The van der Waals surface area contributed by atoms with E-state index in [2.05, 4.69) is 6.07 Å². The Bertz CT molecular complexity index is 806. The molecule has 0 bridgehead atoms. The molecule has 25 heavy (non-hydrogen) atoms. The average molecular weight is 342 g/mol. The maximum atomic E-state index is 12.4. The second-order valence-corrected chi connectivity index (χ2v) is 5.71. The fourth-order valence-corrected chi connectivity index (χ4v) is 2.83. The number of carbonyl (C=O) groups is 1. The van der Waals surface area contributed by atoms with Crippen LogP contribution in [-0.2, 0) is 17.8 Å². The topological polar surface area (TPSA) is 81.9 Å². The number of fused-ring (bicyclic) bond motifs is 1. The number of nitro groups is 1. The van der Waals surface area contributed by atoms with E-state index in [1.165, 1.54) is 30.9 Å². The van der Waals surface area contributed by atoms with Crippen LogP contribution in [0.3, 0.4) is 0 Å². The van der Waals surface area contributed by atoms with Gasteiger partial charge >= 0.3 is 0 Å². The third kappa shape index (κ3) is 3.71. The fourth-order valence-electron chi connectivity index (χ4n) is 2.83. The summed E-state index contributed by atoms with van der Waals surface area (Å²) in [4.78, 5) is 24.5. The van der Waals surface area contributed by atoms with Gasteiger partial charge in [0.2, 0.25) is 0 Å². The fraction of sp³-hybridized carbons (Fsp3) is 0.278. The molecule has 7 heteroatoms. The highest BCUT2D eigenvalue weighted by molar-refractivity contribution is 5.78. The van der Waals surface area contributed by atoms with Crippen molar-refractivity contribution in [3.05, 3.63) is 63.7 Å². The first-order valence-electron chi connectivity index (χ1n) is 7.88. The molecule has 1 aliphatic rings. The van der Waals surface area contributed by atoms with Crippen LogP contribution in [0, 0.1) is 10.1 Å². The van der Waals surface area contributed by atoms with Crippen molar-refractivity contribution in [3.8, 4) is 11.5 Å². The second kappa shape index (κ2) is 7.21. The molecule has 0 spiro atoms. The zero-order valence-electron chi connectivity index (χ0n) is 13.8. The third-order valence-corrected chi connectivity index (χ3v) is 4.19. The van der Waals surface area contributed by atoms with E-state index in [9.17, 15) is 14.9 Å². The molecule has 0 radical (unpaired) electrons. The van der Waals surface area contributed by atoms with E-state index in [1.807, 2.05) is 18.2 Å². The van der Waals surface area contributed by atoms with Gasteiger partial charge in [0.25, 0.3) is 11.6 Å². The quantitative estimate of drug-likeness (QED) is 0.616. The maximum absolute atomic E-state index is 12.4. The molecule has 7 nitrogen and oxygen atoms in total. The number of methoxy groups -OCH3 is 1. The molecular weight excluding hydrogens is 324 g/mol. The maximum Gasteiger partial charge on any atom is 0.273 e. The molecule has 0 aliphatic carbocycles. The molecule has 0 fully saturated rings. The number of nitro benzene ring substituents is 1. The molecule has 2 aromatic rings. The smallest absolute Gasteiger partial charge is 0.273 e. The number of carbonyl (C=O) groups excluding carboxylic acids is 1. The number of non-ortho nitro benzene ring substituents is 1. The molecule has 0 aromatic heterocycles. The molecule has 0 N–H and O–H groups in total. The summed E-state index contributed by atoms with van der Waals surface area (Å²) < 4.78 is 10.6. The number of benzene rings is 2. The van der Waals surface area contributed by atoms with Crippen molar-refractivity contribution in [1.29, 1.82) is 0 Å². The Morgan fingerprint density at radius 1 is 1.20 bits per heavy atom. The van der Waals surface area contributed by atoms with Crippen LogP contribution in [0.1, 0.15) is 11.1 Å². The van der Waals surface area contributed by atoms with E-state index in [1.54, 1.807) is 4.90 Å². The van der Waals surface area contributed by atoms with Gasteiger partial charge in [-0.05, 0) is 23.6 Å². The lowest BCUT2D eigenvalue weighted by Crippen LogP contribution is -2.38. The van der Waals surface area contributed by atoms with Crippen LogP contribution in [0.15, 0.2) is 42.5 Å². The second-order valence-electron chi connectivity index (χ2n) is 5.71. The Kier molecular flexibility index (Phi) is 4.83. The Labute approximate surface area is 144 Å². The Hall–Kier alpha value is -3.09. The van der Waals surface area contributed by atoms with E-state index < -0.39 is 4.92 Å². The van der Waals surface area contributed by atoms with Gasteiger partial charge in [0.05, 0.1) is 18.1 Å². The van der Waals surface area contributed by atoms with Crippen molar-refractivity contribution in [3.63, 3.8) is 0 Å². The molecule has 130 valence electrons. The lowest BCUT2D eigenvalue weighted by Gasteiger charge is -2.28. The van der Waals surface area contributed by atoms with Crippen LogP contribution in [0.5, 0.6) is 11.5 Å². The van der Waals surface area contributed by atoms with Crippen molar-refractivity contribution in [2.75, 3.05) is 20.3 Å². The SMILES string of the molecule is COc1ccc([N+](=O)[O-])cc1OCC(=O)N1CCc2ccccc2C1. The van der Waals surface area contributed by atoms with E-state index >= 15 is 0 Å². The predicted molar refractivity (Wildman–Crippen MR) is 90.7 cm³/mol. The average Bonchev–Trinajstić information content (AvgIpc) is 2.65. The van der Waals surface area contributed by atoms with Crippen molar-refractivity contribution in [2.24, 2.45) is 0 Å². The van der Waals surface area contributed by atoms with Gasteiger partial charge in [0.15, 0.2) is 18.1 Å². The molecule has 0 unspecified atom stereocenters. The van der Waals surface area contributed by atoms with Gasteiger partial charge in [-0.2, -0.15) is 0 Å². The van der Waals surface area contributed by atoms with Crippen LogP contribution in [0.4, 0.5) is 5.69 Å². The Morgan fingerprint density at radius 2 is 1.96 bits per heavy atom. The van der Waals surface area contributed by atoms with E-state index in [0.29, 0.717) is 18.8 Å². The summed E-state index contributed by atoms with van der Waals surface area (Å²) in [6.45, 7) is 0.982. The standard InChI is InChI=1S/C18H18N2O5/c1-24-16-7-6-15(20(22)23)10-17(16)25-12-18(21)19-9-8-13-4-2-3-5-14(13)11-19/h2-7,10H,8-9,11-12H2,1H3. The number of nitrogens with zero attached hydrogens (tertiary/aromatic N) is 2. The van der Waals surface area contributed by atoms with Crippen LogP contribution >= 0.6 is 0 Å². The Morgan fingerprint density at radius 3 is 2.68 bits per heavy atom. The summed E-state index contributed by atoms with van der Waals surface area (Å²) in [5, 5.41) is 10.9. The monoisotopic (exact) mass is 342 g/mol. The van der Waals surface area contributed by atoms with Gasteiger partial charge in [-0.25, -0.2) is 0 Å². The van der Waals surface area contributed by atoms with Gasteiger partial charge < -0.3 is 14.4 Å². The zero-order chi connectivity index (χ0) is 17.8. The highest BCUT2D eigenvalue weighted by Gasteiger charge is 2.21. The molecule has 1 amide bonds. The molecule has 0 saturated carbocycles. The summed E-state index contributed by atoms with van der Waals surface area (Å²) in [6.07, 6.45) is 0.808. The molecule has 3 rings (SSSR count). The van der Waals surface area contributed by atoms with Crippen molar-refractivity contribution in [2.45, 2.75) is 13.0 Å². The molecule has 2 aromatic carbocycles. The van der Waals surface area contributed by atoms with Crippen molar-refractivity contribution in [1.82, 2.24) is 4.90 Å². The number of ether oxygens (including phenoxy) is 2. The number of amides is 1. The summed E-state index contributed by atoms with van der Waals surface area (Å²) in [5.41, 5.74) is 2.28. The van der Waals surface area contributed by atoms with Crippen molar-refractivity contribution < 1.29 is 19.2 Å². The first kappa shape index (κ1) is 16.8. The predicted octanol–water partition coefficient (Wildman–Crippen LogP) is 2.57. The first-order valence-corrected chi connectivity index (χ1v) is 7.88. The first-order chi connectivity index (χ1) is 12.1. The van der Waals surface area contributed by atoms with E-state index in [0.717, 1.165) is 12.0 Å². The van der Waals surface area contributed by atoms with Crippen LogP contribution in [0.25, 0.3) is 0 Å². The van der Waals surface area contributed by atoms with Gasteiger partial charge in [0.1, 0.15) is 0 Å². The lowest BCUT2D eigenvalue weighted by atomic mass is 10.00. The molecule has 1 heterocycles. The number of rotatable bonds is 5. The number of hydrogen-bond acceptors (Lipinski definition) is 5. The number of hydrogen-bond donors (Lipinski definition) is 0. The summed E-state index contributed by atoms with van der Waals surface area (Å²) >= 11 is 0. The van der Waals surface area contributed by atoms with Gasteiger partial charge in [-0.1, -0.05) is 24.3 Å². The van der Waals surface area contributed by atoms with E-state index in [4.69, 9.17) is 9.47 Å².